The fourth-order valence-electron chi connectivity index (χ4n) is 2.13. The minimum Gasteiger partial charge on any atom is -0.392 e. The number of nitrogens with zero attached hydrogens (tertiary/aromatic N) is 2. The van der Waals surface area contributed by atoms with Crippen LogP contribution in [0.25, 0.3) is 0 Å². The molecule has 1 aliphatic carbocycles. The fraction of sp³-hybridized carbons (Fsp3) is 0.800. The molecule has 1 aromatic heterocycles. The average Bonchev–Trinajstić information content (AvgIpc) is 2.70. The van der Waals surface area contributed by atoms with E-state index in [4.69, 9.17) is 4.52 Å². The minimum absolute atomic E-state index is 0.0429. The summed E-state index contributed by atoms with van der Waals surface area (Å²) in [5.41, 5.74) is 0. The molecule has 2 N–H and O–H groups in total. The molecule has 2 heterocycles. The molecule has 0 spiro atoms. The van der Waals surface area contributed by atoms with Crippen molar-refractivity contribution in [1.82, 2.24) is 15.5 Å². The molecular formula is C10H15N3O2. The third-order valence-corrected chi connectivity index (χ3v) is 3.33. The third kappa shape index (κ3) is 1.66. The van der Waals surface area contributed by atoms with Crippen molar-refractivity contribution in [3.05, 3.63) is 11.7 Å². The standard InChI is InChI=1S/C10H15N3O2/c14-7-4-8(11-5-7)10-12-9(13-15-10)6-2-1-3-6/h6-8,11,14H,1-5H2/t7?,8-/m0/s1. The molecular weight excluding hydrogens is 194 g/mol. The first kappa shape index (κ1) is 9.30. The van der Waals surface area contributed by atoms with Gasteiger partial charge in [-0.25, -0.2) is 0 Å². The van der Waals surface area contributed by atoms with Gasteiger partial charge in [-0.15, -0.1) is 0 Å². The SMILES string of the molecule is OC1CN[C@H](c2nc(C3CCC3)no2)C1. The summed E-state index contributed by atoms with van der Waals surface area (Å²) < 4.78 is 5.22. The van der Waals surface area contributed by atoms with Crippen molar-refractivity contribution in [2.75, 3.05) is 6.54 Å². The molecule has 15 heavy (non-hydrogen) atoms. The van der Waals surface area contributed by atoms with Crippen LogP contribution in [0.5, 0.6) is 0 Å². The van der Waals surface area contributed by atoms with Crippen LogP contribution >= 0.6 is 0 Å². The van der Waals surface area contributed by atoms with Gasteiger partial charge in [-0.3, -0.25) is 0 Å². The monoisotopic (exact) mass is 209 g/mol. The first-order valence-corrected chi connectivity index (χ1v) is 5.58. The highest BCUT2D eigenvalue weighted by Crippen LogP contribution is 2.35. The molecule has 0 bridgehead atoms. The Morgan fingerprint density at radius 1 is 1.40 bits per heavy atom. The molecule has 0 amide bonds. The number of hydrogen-bond donors (Lipinski definition) is 2. The van der Waals surface area contributed by atoms with E-state index in [1.165, 1.54) is 19.3 Å². The van der Waals surface area contributed by atoms with E-state index in [2.05, 4.69) is 15.5 Å². The Morgan fingerprint density at radius 2 is 2.27 bits per heavy atom. The molecule has 0 radical (unpaired) electrons. The van der Waals surface area contributed by atoms with Crippen molar-refractivity contribution < 1.29 is 9.63 Å². The lowest BCUT2D eigenvalue weighted by atomic mass is 9.85. The Bertz CT molecular complexity index is 348. The van der Waals surface area contributed by atoms with Gasteiger partial charge in [0.2, 0.25) is 5.89 Å². The highest BCUT2D eigenvalue weighted by Gasteiger charge is 2.30. The van der Waals surface area contributed by atoms with Gasteiger partial charge in [-0.05, 0) is 19.3 Å². The van der Waals surface area contributed by atoms with E-state index < -0.39 is 0 Å². The van der Waals surface area contributed by atoms with Crippen LogP contribution < -0.4 is 5.32 Å². The number of rotatable bonds is 2. The normalized spacial score (nSPS) is 31.8. The molecule has 2 aliphatic rings. The number of β-amino-alcohol motifs (C(OH)–C–C–N with tert-alkyl or cyclic N) is 1. The number of aliphatic hydroxyl groups is 1. The van der Waals surface area contributed by atoms with Gasteiger partial charge >= 0.3 is 0 Å². The maximum Gasteiger partial charge on any atom is 0.243 e. The second-order valence-corrected chi connectivity index (χ2v) is 4.47. The predicted octanol–water partition coefficient (Wildman–Crippen LogP) is 0.732. The zero-order valence-corrected chi connectivity index (χ0v) is 8.52. The Labute approximate surface area is 87.9 Å². The van der Waals surface area contributed by atoms with Crippen molar-refractivity contribution >= 4 is 0 Å². The maximum absolute atomic E-state index is 9.38. The second-order valence-electron chi connectivity index (χ2n) is 4.47. The maximum atomic E-state index is 9.38. The summed E-state index contributed by atoms with van der Waals surface area (Å²) >= 11 is 0. The smallest absolute Gasteiger partial charge is 0.243 e. The quantitative estimate of drug-likeness (QED) is 0.751. The lowest BCUT2D eigenvalue weighted by Crippen LogP contribution is -2.15. The van der Waals surface area contributed by atoms with Crippen molar-refractivity contribution in [3.8, 4) is 0 Å². The van der Waals surface area contributed by atoms with Crippen LogP contribution in [0.4, 0.5) is 0 Å². The molecule has 2 fully saturated rings. The van der Waals surface area contributed by atoms with Gasteiger partial charge < -0.3 is 14.9 Å². The second kappa shape index (κ2) is 3.57. The fourth-order valence-corrected chi connectivity index (χ4v) is 2.13. The number of aromatic nitrogens is 2. The zero-order valence-electron chi connectivity index (χ0n) is 8.52. The van der Waals surface area contributed by atoms with Crippen molar-refractivity contribution in [1.29, 1.82) is 0 Å². The summed E-state index contributed by atoms with van der Waals surface area (Å²) in [5.74, 6) is 1.99. The van der Waals surface area contributed by atoms with Gasteiger partial charge in [0.25, 0.3) is 0 Å². The molecule has 2 atom stereocenters. The number of hydrogen-bond acceptors (Lipinski definition) is 5. The molecule has 5 heteroatoms. The Hall–Kier alpha value is -0.940. The summed E-state index contributed by atoms with van der Waals surface area (Å²) in [6, 6.07) is 0.0429. The third-order valence-electron chi connectivity index (χ3n) is 3.33. The van der Waals surface area contributed by atoms with Crippen LogP contribution in [0, 0.1) is 0 Å². The molecule has 1 saturated heterocycles. The van der Waals surface area contributed by atoms with E-state index in [1.54, 1.807) is 0 Å². The van der Waals surface area contributed by atoms with Gasteiger partial charge in [0.05, 0.1) is 12.1 Å². The number of aliphatic hydroxyl groups excluding tert-OH is 1. The van der Waals surface area contributed by atoms with Crippen LogP contribution in [0.15, 0.2) is 4.52 Å². The Kier molecular flexibility index (Phi) is 2.21. The number of nitrogens with one attached hydrogen (secondary N) is 1. The van der Waals surface area contributed by atoms with Gasteiger partial charge in [0.15, 0.2) is 5.82 Å². The molecule has 1 aliphatic heterocycles. The summed E-state index contributed by atoms with van der Waals surface area (Å²) in [7, 11) is 0. The molecule has 5 nitrogen and oxygen atoms in total. The van der Waals surface area contributed by atoms with Crippen LogP contribution in [0.2, 0.25) is 0 Å². The molecule has 82 valence electrons. The van der Waals surface area contributed by atoms with E-state index in [9.17, 15) is 5.11 Å². The Balaban J connectivity index is 1.72. The molecule has 1 saturated carbocycles. The lowest BCUT2D eigenvalue weighted by molar-refractivity contribution is 0.191. The van der Waals surface area contributed by atoms with Crippen LogP contribution in [0.3, 0.4) is 0 Å². The predicted molar refractivity (Wildman–Crippen MR) is 52.3 cm³/mol. The molecule has 0 aromatic carbocycles. The lowest BCUT2D eigenvalue weighted by Gasteiger charge is -2.21. The Morgan fingerprint density at radius 3 is 2.87 bits per heavy atom. The van der Waals surface area contributed by atoms with E-state index in [0.717, 1.165) is 5.82 Å². The topological polar surface area (TPSA) is 71.2 Å². The highest BCUT2D eigenvalue weighted by molar-refractivity contribution is 5.03. The van der Waals surface area contributed by atoms with Crippen molar-refractivity contribution in [3.63, 3.8) is 0 Å². The average molecular weight is 209 g/mol. The van der Waals surface area contributed by atoms with Crippen molar-refractivity contribution in [2.24, 2.45) is 0 Å². The summed E-state index contributed by atoms with van der Waals surface area (Å²) in [6.07, 6.45) is 4.02. The largest absolute Gasteiger partial charge is 0.392 e. The van der Waals surface area contributed by atoms with Gasteiger partial charge in [-0.1, -0.05) is 11.6 Å². The van der Waals surface area contributed by atoms with Gasteiger partial charge in [0.1, 0.15) is 0 Å². The van der Waals surface area contributed by atoms with Crippen LogP contribution in [0.1, 0.15) is 49.4 Å². The highest BCUT2D eigenvalue weighted by atomic mass is 16.5. The molecule has 1 unspecified atom stereocenters. The van der Waals surface area contributed by atoms with Crippen LogP contribution in [-0.4, -0.2) is 27.9 Å². The molecule has 1 aromatic rings. The van der Waals surface area contributed by atoms with E-state index in [0.29, 0.717) is 24.8 Å². The first-order valence-electron chi connectivity index (χ1n) is 5.58. The first-order chi connectivity index (χ1) is 7.33. The van der Waals surface area contributed by atoms with Gasteiger partial charge in [0, 0.05) is 12.5 Å². The summed E-state index contributed by atoms with van der Waals surface area (Å²) in [5, 5.41) is 16.5. The van der Waals surface area contributed by atoms with E-state index >= 15 is 0 Å². The van der Waals surface area contributed by atoms with Crippen molar-refractivity contribution in [2.45, 2.75) is 43.7 Å². The summed E-state index contributed by atoms with van der Waals surface area (Å²) in [6.45, 7) is 0.617. The van der Waals surface area contributed by atoms with Gasteiger partial charge in [-0.2, -0.15) is 4.98 Å². The van der Waals surface area contributed by atoms with E-state index in [1.807, 2.05) is 0 Å². The zero-order chi connectivity index (χ0) is 10.3. The van der Waals surface area contributed by atoms with Crippen LogP contribution in [-0.2, 0) is 0 Å². The molecule has 3 rings (SSSR count). The minimum atomic E-state index is -0.283. The summed E-state index contributed by atoms with van der Waals surface area (Å²) in [4.78, 5) is 4.40. The van der Waals surface area contributed by atoms with E-state index in [-0.39, 0.29) is 12.1 Å².